The number of nitrogens with one attached hydrogen (secondary N) is 2. The van der Waals surface area contributed by atoms with E-state index in [0.29, 0.717) is 24.1 Å². The van der Waals surface area contributed by atoms with E-state index in [9.17, 15) is 4.39 Å². The van der Waals surface area contributed by atoms with Crippen LogP contribution in [0.3, 0.4) is 0 Å². The van der Waals surface area contributed by atoms with E-state index < -0.39 is 0 Å². The molecule has 0 bridgehead atoms. The molecule has 0 aliphatic heterocycles. The van der Waals surface area contributed by atoms with Crippen molar-refractivity contribution in [2.24, 2.45) is 4.99 Å². The average Bonchev–Trinajstić information content (AvgIpc) is 2.61. The van der Waals surface area contributed by atoms with Crippen molar-refractivity contribution in [3.8, 4) is 0 Å². The minimum absolute atomic E-state index is 0.294. The Bertz CT molecular complexity index is 805. The zero-order chi connectivity index (χ0) is 20.0. The smallest absolute Gasteiger partial charge is 0.191 e. The molecule has 0 saturated heterocycles. The van der Waals surface area contributed by atoms with Crippen LogP contribution >= 0.6 is 11.6 Å². The van der Waals surface area contributed by atoms with Crippen LogP contribution in [0.15, 0.2) is 41.5 Å². The molecule has 0 aliphatic carbocycles. The summed E-state index contributed by atoms with van der Waals surface area (Å²) >= 11 is 6.22. The summed E-state index contributed by atoms with van der Waals surface area (Å²) < 4.78 is 13.3. The van der Waals surface area contributed by atoms with Gasteiger partial charge in [-0.05, 0) is 35.4 Å². The molecule has 0 spiro atoms. The van der Waals surface area contributed by atoms with Crippen molar-refractivity contribution in [2.45, 2.75) is 25.8 Å². The van der Waals surface area contributed by atoms with E-state index in [1.165, 1.54) is 12.1 Å². The van der Waals surface area contributed by atoms with Gasteiger partial charge in [0.2, 0.25) is 0 Å². The molecular weight excluding hydrogens is 365 g/mol. The van der Waals surface area contributed by atoms with Crippen LogP contribution in [0.5, 0.6) is 0 Å². The van der Waals surface area contributed by atoms with Gasteiger partial charge in [-0.2, -0.15) is 0 Å². The third-order valence-electron chi connectivity index (χ3n) is 4.31. The molecule has 7 heteroatoms. The number of anilines is 1. The topological polar surface area (TPSA) is 52.6 Å². The van der Waals surface area contributed by atoms with Crippen LogP contribution in [0.4, 0.5) is 10.2 Å². The molecule has 2 N–H and O–H groups in total. The zero-order valence-electron chi connectivity index (χ0n) is 16.5. The standard InChI is InChI=1S/C20H27ClFN5/c1-20(2,16-7-6-15(22)11-17(16)21)13-26-19(23-3)25-12-14-8-9-24-18(10-14)27(4)5/h6-11H,12-13H2,1-5H3,(H2,23,25,26). The van der Waals surface area contributed by atoms with E-state index >= 15 is 0 Å². The normalized spacial score (nSPS) is 12.0. The van der Waals surface area contributed by atoms with E-state index in [1.807, 2.05) is 31.1 Å². The maximum absolute atomic E-state index is 13.3. The molecule has 2 rings (SSSR count). The number of aromatic nitrogens is 1. The Balaban J connectivity index is 1.98. The van der Waals surface area contributed by atoms with Crippen molar-refractivity contribution in [3.63, 3.8) is 0 Å². The molecule has 1 heterocycles. The van der Waals surface area contributed by atoms with Gasteiger partial charge in [0.05, 0.1) is 0 Å². The molecule has 0 saturated carbocycles. The number of nitrogens with zero attached hydrogens (tertiary/aromatic N) is 3. The Labute approximate surface area is 165 Å². The Morgan fingerprint density at radius 1 is 1.22 bits per heavy atom. The minimum atomic E-state index is -0.334. The molecule has 27 heavy (non-hydrogen) atoms. The number of hydrogen-bond donors (Lipinski definition) is 2. The molecule has 0 amide bonds. The van der Waals surface area contributed by atoms with Crippen LogP contribution in [0.25, 0.3) is 0 Å². The average molecular weight is 392 g/mol. The van der Waals surface area contributed by atoms with E-state index in [4.69, 9.17) is 11.6 Å². The molecule has 146 valence electrons. The Morgan fingerprint density at radius 2 is 1.96 bits per heavy atom. The van der Waals surface area contributed by atoms with E-state index in [0.717, 1.165) is 16.9 Å². The molecule has 0 aliphatic rings. The number of benzene rings is 1. The number of hydrogen-bond acceptors (Lipinski definition) is 3. The van der Waals surface area contributed by atoms with Gasteiger partial charge in [-0.15, -0.1) is 0 Å². The highest BCUT2D eigenvalue weighted by atomic mass is 35.5. The summed E-state index contributed by atoms with van der Waals surface area (Å²) in [4.78, 5) is 10.5. The number of pyridine rings is 1. The number of aliphatic imine (C=N–C) groups is 1. The van der Waals surface area contributed by atoms with E-state index in [-0.39, 0.29) is 11.2 Å². The summed E-state index contributed by atoms with van der Waals surface area (Å²) in [5.74, 6) is 1.26. The molecule has 2 aromatic rings. The predicted molar refractivity (Wildman–Crippen MR) is 111 cm³/mol. The van der Waals surface area contributed by atoms with Crippen LogP contribution in [-0.4, -0.2) is 38.6 Å². The van der Waals surface area contributed by atoms with Crippen molar-refractivity contribution >= 4 is 23.4 Å². The summed E-state index contributed by atoms with van der Waals surface area (Å²) in [5, 5.41) is 7.05. The van der Waals surface area contributed by atoms with E-state index in [1.54, 1.807) is 19.3 Å². The van der Waals surface area contributed by atoms with Crippen molar-refractivity contribution < 1.29 is 4.39 Å². The van der Waals surface area contributed by atoms with Crippen LogP contribution in [0.1, 0.15) is 25.0 Å². The molecule has 0 unspecified atom stereocenters. The van der Waals surface area contributed by atoms with Gasteiger partial charge in [-0.25, -0.2) is 9.37 Å². The number of halogens is 2. The summed E-state index contributed by atoms with van der Waals surface area (Å²) in [6.07, 6.45) is 1.79. The highest BCUT2D eigenvalue weighted by molar-refractivity contribution is 6.31. The Kier molecular flexibility index (Phi) is 7.02. The first-order valence-electron chi connectivity index (χ1n) is 8.75. The first-order valence-corrected chi connectivity index (χ1v) is 9.13. The van der Waals surface area contributed by atoms with Gasteiger partial charge in [0.25, 0.3) is 0 Å². The van der Waals surface area contributed by atoms with Crippen LogP contribution < -0.4 is 15.5 Å². The molecular formula is C20H27ClFN5. The molecule has 1 aromatic heterocycles. The van der Waals surface area contributed by atoms with Crippen molar-refractivity contribution in [1.29, 1.82) is 0 Å². The second-order valence-electron chi connectivity index (χ2n) is 7.20. The lowest BCUT2D eigenvalue weighted by molar-refractivity contribution is 0.507. The summed E-state index contributed by atoms with van der Waals surface area (Å²) in [7, 11) is 5.65. The van der Waals surface area contributed by atoms with Gasteiger partial charge in [0.15, 0.2) is 5.96 Å². The Morgan fingerprint density at radius 3 is 2.59 bits per heavy atom. The number of guanidine groups is 1. The van der Waals surface area contributed by atoms with E-state index in [2.05, 4.69) is 34.5 Å². The Hall–Kier alpha value is -2.34. The van der Waals surface area contributed by atoms with Crippen LogP contribution in [0.2, 0.25) is 5.02 Å². The van der Waals surface area contributed by atoms with Gasteiger partial charge < -0.3 is 15.5 Å². The quantitative estimate of drug-likeness (QED) is 0.583. The summed E-state index contributed by atoms with van der Waals surface area (Å²) in [6.45, 7) is 5.33. The molecule has 0 radical (unpaired) electrons. The lowest BCUT2D eigenvalue weighted by Crippen LogP contribution is -2.43. The first kappa shape index (κ1) is 21.0. The lowest BCUT2D eigenvalue weighted by atomic mass is 9.84. The summed E-state index contributed by atoms with van der Waals surface area (Å²) in [5.41, 5.74) is 1.70. The third kappa shape index (κ3) is 5.82. The maximum Gasteiger partial charge on any atom is 0.191 e. The fourth-order valence-electron chi connectivity index (χ4n) is 2.66. The second-order valence-corrected chi connectivity index (χ2v) is 7.61. The molecule has 1 aromatic carbocycles. The highest BCUT2D eigenvalue weighted by Gasteiger charge is 2.24. The van der Waals surface area contributed by atoms with Crippen molar-refractivity contribution in [3.05, 3.63) is 58.5 Å². The zero-order valence-corrected chi connectivity index (χ0v) is 17.2. The monoisotopic (exact) mass is 391 g/mol. The second kappa shape index (κ2) is 9.04. The SMILES string of the molecule is CN=C(NCc1ccnc(N(C)C)c1)NCC(C)(C)c1ccc(F)cc1Cl. The van der Waals surface area contributed by atoms with Gasteiger partial charge in [0.1, 0.15) is 11.6 Å². The van der Waals surface area contributed by atoms with Crippen LogP contribution in [-0.2, 0) is 12.0 Å². The predicted octanol–water partition coefficient (Wildman–Crippen LogP) is 3.58. The van der Waals surface area contributed by atoms with Gasteiger partial charge in [0, 0.05) is 50.9 Å². The fourth-order valence-corrected chi connectivity index (χ4v) is 3.08. The lowest BCUT2D eigenvalue weighted by Gasteiger charge is -2.27. The molecule has 0 fully saturated rings. The highest BCUT2D eigenvalue weighted by Crippen LogP contribution is 2.29. The third-order valence-corrected chi connectivity index (χ3v) is 4.62. The summed E-state index contributed by atoms with van der Waals surface area (Å²) in [6, 6.07) is 8.51. The molecule has 0 atom stereocenters. The molecule has 5 nitrogen and oxygen atoms in total. The minimum Gasteiger partial charge on any atom is -0.363 e. The van der Waals surface area contributed by atoms with Crippen molar-refractivity contribution in [2.75, 3.05) is 32.6 Å². The van der Waals surface area contributed by atoms with Gasteiger partial charge in [-0.3, -0.25) is 4.99 Å². The van der Waals surface area contributed by atoms with Crippen LogP contribution in [0, 0.1) is 5.82 Å². The van der Waals surface area contributed by atoms with Gasteiger partial charge in [-0.1, -0.05) is 31.5 Å². The number of rotatable bonds is 6. The maximum atomic E-state index is 13.3. The first-order chi connectivity index (χ1) is 12.7. The largest absolute Gasteiger partial charge is 0.363 e. The van der Waals surface area contributed by atoms with Crippen molar-refractivity contribution in [1.82, 2.24) is 15.6 Å². The van der Waals surface area contributed by atoms with Gasteiger partial charge >= 0.3 is 0 Å². The fraction of sp³-hybridized carbons (Fsp3) is 0.400.